The zero-order valence-electron chi connectivity index (χ0n) is 18.2. The fourth-order valence-electron chi connectivity index (χ4n) is 3.99. The number of hydrogen-bond acceptors (Lipinski definition) is 5. The maximum absolute atomic E-state index is 13.2. The Morgan fingerprint density at radius 3 is 2.55 bits per heavy atom. The van der Waals surface area contributed by atoms with Crippen molar-refractivity contribution in [3.05, 3.63) is 84.3 Å². The SMILES string of the molecule is Cc1nnc2c3cc(-c4ccccc4)c(-c4ccc(CNCC(F)CO)cc4)nc3ccn12. The van der Waals surface area contributed by atoms with E-state index >= 15 is 0 Å². The lowest BCUT2D eigenvalue weighted by atomic mass is 9.97. The highest BCUT2D eigenvalue weighted by Crippen LogP contribution is 2.34. The number of fused-ring (bicyclic) bond motifs is 3. The van der Waals surface area contributed by atoms with Gasteiger partial charge in [0.2, 0.25) is 0 Å². The van der Waals surface area contributed by atoms with Crippen LogP contribution in [0.15, 0.2) is 72.9 Å². The second-order valence-corrected chi connectivity index (χ2v) is 8.05. The van der Waals surface area contributed by atoms with Gasteiger partial charge in [0, 0.05) is 35.8 Å². The molecule has 5 aromatic rings. The quantitative estimate of drug-likeness (QED) is 0.393. The summed E-state index contributed by atoms with van der Waals surface area (Å²) in [6, 6.07) is 22.4. The van der Waals surface area contributed by atoms with Crippen molar-refractivity contribution in [2.45, 2.75) is 19.6 Å². The van der Waals surface area contributed by atoms with Gasteiger partial charge >= 0.3 is 0 Å². The van der Waals surface area contributed by atoms with E-state index in [2.05, 4.69) is 33.7 Å². The number of halogens is 1. The Morgan fingerprint density at radius 1 is 1.00 bits per heavy atom. The molecule has 0 aliphatic rings. The van der Waals surface area contributed by atoms with Crippen LogP contribution in [0.5, 0.6) is 0 Å². The van der Waals surface area contributed by atoms with Crippen molar-refractivity contribution < 1.29 is 9.50 Å². The molecule has 0 aliphatic carbocycles. The minimum Gasteiger partial charge on any atom is -0.393 e. The molecule has 2 aromatic carbocycles. The topological polar surface area (TPSA) is 75.3 Å². The number of alkyl halides is 1. The monoisotopic (exact) mass is 441 g/mol. The molecule has 166 valence electrons. The van der Waals surface area contributed by atoms with Crippen molar-refractivity contribution in [3.63, 3.8) is 0 Å². The van der Waals surface area contributed by atoms with E-state index in [1.165, 1.54) is 0 Å². The second kappa shape index (κ2) is 9.05. The maximum Gasteiger partial charge on any atom is 0.170 e. The van der Waals surface area contributed by atoms with Gasteiger partial charge in [-0.05, 0) is 30.2 Å². The summed E-state index contributed by atoms with van der Waals surface area (Å²) in [5.41, 5.74) is 6.65. The first-order chi connectivity index (χ1) is 16.1. The second-order valence-electron chi connectivity index (χ2n) is 8.05. The summed E-state index contributed by atoms with van der Waals surface area (Å²) in [5, 5.41) is 21.4. The van der Waals surface area contributed by atoms with Gasteiger partial charge in [-0.25, -0.2) is 9.37 Å². The number of hydrogen-bond donors (Lipinski definition) is 2. The molecule has 1 unspecified atom stereocenters. The molecule has 6 nitrogen and oxygen atoms in total. The van der Waals surface area contributed by atoms with Crippen LogP contribution in [0, 0.1) is 6.92 Å². The fourth-order valence-corrected chi connectivity index (χ4v) is 3.99. The van der Waals surface area contributed by atoms with Gasteiger partial charge in [-0.2, -0.15) is 0 Å². The zero-order valence-corrected chi connectivity index (χ0v) is 18.2. The van der Waals surface area contributed by atoms with E-state index in [0.717, 1.165) is 50.3 Å². The van der Waals surface area contributed by atoms with E-state index < -0.39 is 12.8 Å². The Morgan fingerprint density at radius 2 is 1.79 bits per heavy atom. The Kier molecular flexibility index (Phi) is 5.81. The number of aliphatic hydroxyl groups excluding tert-OH is 1. The van der Waals surface area contributed by atoms with Crippen molar-refractivity contribution in [1.29, 1.82) is 0 Å². The highest BCUT2D eigenvalue weighted by Gasteiger charge is 2.15. The Hall–Kier alpha value is -3.68. The van der Waals surface area contributed by atoms with Crippen molar-refractivity contribution in [1.82, 2.24) is 24.9 Å². The maximum atomic E-state index is 13.2. The molecule has 0 aliphatic heterocycles. The molecule has 0 bridgehead atoms. The largest absolute Gasteiger partial charge is 0.393 e. The molecular formula is C26H24FN5O. The number of aliphatic hydroxyl groups is 1. The lowest BCUT2D eigenvalue weighted by molar-refractivity contribution is 0.175. The molecule has 3 aromatic heterocycles. The molecule has 0 fully saturated rings. The van der Waals surface area contributed by atoms with Gasteiger partial charge in [-0.3, -0.25) is 4.40 Å². The summed E-state index contributed by atoms with van der Waals surface area (Å²) in [4.78, 5) is 5.03. The van der Waals surface area contributed by atoms with Crippen molar-refractivity contribution in [2.75, 3.05) is 13.2 Å². The minimum absolute atomic E-state index is 0.124. The van der Waals surface area contributed by atoms with Crippen molar-refractivity contribution >= 4 is 16.6 Å². The average Bonchev–Trinajstić information content (AvgIpc) is 3.25. The summed E-state index contributed by atoms with van der Waals surface area (Å²) in [6.07, 6.45) is 0.700. The number of benzene rings is 2. The zero-order chi connectivity index (χ0) is 22.8. The first-order valence-electron chi connectivity index (χ1n) is 10.9. The van der Waals surface area contributed by atoms with Crippen LogP contribution in [0.3, 0.4) is 0 Å². The van der Waals surface area contributed by atoms with Gasteiger partial charge in [0.15, 0.2) is 5.65 Å². The van der Waals surface area contributed by atoms with Crippen molar-refractivity contribution in [3.8, 4) is 22.4 Å². The molecule has 0 saturated heterocycles. The molecule has 0 spiro atoms. The molecule has 0 radical (unpaired) electrons. The third-order valence-electron chi connectivity index (χ3n) is 5.75. The van der Waals surface area contributed by atoms with E-state index in [1.54, 1.807) is 0 Å². The molecule has 1 atom stereocenters. The number of nitrogens with zero attached hydrogens (tertiary/aromatic N) is 4. The summed E-state index contributed by atoms with van der Waals surface area (Å²) in [6.45, 7) is 2.11. The van der Waals surface area contributed by atoms with E-state index in [4.69, 9.17) is 10.1 Å². The third-order valence-corrected chi connectivity index (χ3v) is 5.75. The molecule has 5 rings (SSSR count). The molecule has 0 saturated carbocycles. The van der Waals surface area contributed by atoms with Gasteiger partial charge < -0.3 is 10.4 Å². The van der Waals surface area contributed by atoms with Crippen LogP contribution in [0.2, 0.25) is 0 Å². The van der Waals surface area contributed by atoms with Crippen LogP contribution < -0.4 is 5.32 Å². The van der Waals surface area contributed by atoms with Crippen LogP contribution in [-0.4, -0.2) is 44.0 Å². The molecule has 7 heteroatoms. The van der Waals surface area contributed by atoms with E-state index in [1.807, 2.05) is 66.1 Å². The van der Waals surface area contributed by atoms with Gasteiger partial charge in [-0.15, -0.1) is 10.2 Å². The fraction of sp³-hybridized carbons (Fsp3) is 0.192. The smallest absolute Gasteiger partial charge is 0.170 e. The van der Waals surface area contributed by atoms with E-state index in [9.17, 15) is 4.39 Å². The number of aryl methyl sites for hydroxylation is 1. The lowest BCUT2D eigenvalue weighted by Gasteiger charge is -2.13. The van der Waals surface area contributed by atoms with Gasteiger partial charge in [0.1, 0.15) is 12.0 Å². The predicted octanol–water partition coefficient (Wildman–Crippen LogP) is 4.34. The van der Waals surface area contributed by atoms with Gasteiger partial charge in [0.05, 0.1) is 17.8 Å². The van der Waals surface area contributed by atoms with Crippen LogP contribution in [0.4, 0.5) is 4.39 Å². The summed E-state index contributed by atoms with van der Waals surface area (Å²) < 4.78 is 15.2. The van der Waals surface area contributed by atoms with Gasteiger partial charge in [0.25, 0.3) is 0 Å². The summed E-state index contributed by atoms with van der Waals surface area (Å²) in [7, 11) is 0. The molecule has 2 N–H and O–H groups in total. The number of rotatable bonds is 7. The van der Waals surface area contributed by atoms with Crippen LogP contribution in [0.1, 0.15) is 11.4 Å². The molecule has 0 amide bonds. The minimum atomic E-state index is -1.25. The molecule has 33 heavy (non-hydrogen) atoms. The van der Waals surface area contributed by atoms with Crippen LogP contribution in [-0.2, 0) is 6.54 Å². The summed E-state index contributed by atoms with van der Waals surface area (Å²) in [5.74, 6) is 0.833. The summed E-state index contributed by atoms with van der Waals surface area (Å²) >= 11 is 0. The average molecular weight is 442 g/mol. The first kappa shape index (κ1) is 21.2. The Balaban J connectivity index is 1.57. The highest BCUT2D eigenvalue weighted by atomic mass is 19.1. The number of aromatic nitrogens is 4. The van der Waals surface area contributed by atoms with Crippen LogP contribution >= 0.6 is 0 Å². The van der Waals surface area contributed by atoms with Crippen LogP contribution in [0.25, 0.3) is 38.9 Å². The predicted molar refractivity (Wildman–Crippen MR) is 128 cm³/mol. The van der Waals surface area contributed by atoms with E-state index in [0.29, 0.717) is 6.54 Å². The molecular weight excluding hydrogens is 417 g/mol. The van der Waals surface area contributed by atoms with E-state index in [-0.39, 0.29) is 6.54 Å². The Labute approximate surface area is 190 Å². The number of pyridine rings is 2. The molecule has 3 heterocycles. The Bertz CT molecular complexity index is 1400. The lowest BCUT2D eigenvalue weighted by Crippen LogP contribution is -2.25. The standard InChI is InChI=1S/C26H24FN5O/c1-17-30-31-26-23-13-22(19-5-3-2-4-6-19)25(29-24(23)11-12-32(17)26)20-9-7-18(8-10-20)14-28-15-21(27)16-33/h2-13,21,28,33H,14-16H2,1H3. The first-order valence-corrected chi connectivity index (χ1v) is 10.9. The number of nitrogens with one attached hydrogen (secondary N) is 1. The third kappa shape index (κ3) is 4.20. The van der Waals surface area contributed by atoms with Gasteiger partial charge in [-0.1, -0.05) is 54.6 Å². The normalized spacial score (nSPS) is 12.5. The highest BCUT2D eigenvalue weighted by molar-refractivity contribution is 5.98. The van der Waals surface area contributed by atoms with Crippen molar-refractivity contribution in [2.24, 2.45) is 0 Å².